The first-order valence-corrected chi connectivity index (χ1v) is 13.3. The Morgan fingerprint density at radius 3 is 2.48 bits per heavy atom. The number of hydrogen-bond acceptors (Lipinski definition) is 6. The van der Waals surface area contributed by atoms with Crippen molar-refractivity contribution in [3.8, 4) is 0 Å². The molecule has 1 aliphatic rings. The molecule has 1 saturated heterocycles. The molecule has 0 radical (unpaired) electrons. The number of anilines is 2. The van der Waals surface area contributed by atoms with Crippen LogP contribution < -0.4 is 15.6 Å². The summed E-state index contributed by atoms with van der Waals surface area (Å²) in [5.41, 5.74) is 3.32. The van der Waals surface area contributed by atoms with Crippen LogP contribution in [0.2, 0.25) is 0 Å². The van der Waals surface area contributed by atoms with Crippen LogP contribution in [-0.2, 0) is 9.73 Å². The Bertz CT molecular complexity index is 1350. The lowest BCUT2D eigenvalue weighted by Gasteiger charge is -2.37. The molecule has 0 bridgehead atoms. The number of nitrogens with one attached hydrogen (secondary N) is 2. The van der Waals surface area contributed by atoms with Crippen LogP contribution in [0.4, 0.5) is 11.6 Å². The fraction of sp³-hybridized carbons (Fsp3) is 0.423. The van der Waals surface area contributed by atoms with Crippen molar-refractivity contribution < 1.29 is 8.63 Å². The molecule has 0 saturated carbocycles. The first kappa shape index (κ1) is 23.4. The first-order chi connectivity index (χ1) is 15.4. The molecule has 2 aromatic carbocycles. The highest BCUT2D eigenvalue weighted by atomic mass is 32.2. The molecule has 1 fully saturated rings. The molecule has 0 spiro atoms. The van der Waals surface area contributed by atoms with Crippen LogP contribution in [-0.4, -0.2) is 23.6 Å². The Kier molecular flexibility index (Phi) is 6.03. The molecule has 1 aromatic heterocycles. The van der Waals surface area contributed by atoms with Crippen LogP contribution in [0.15, 0.2) is 56.6 Å². The fourth-order valence-electron chi connectivity index (χ4n) is 4.47. The summed E-state index contributed by atoms with van der Waals surface area (Å²) in [4.78, 5) is 15.7. The third kappa shape index (κ3) is 4.93. The van der Waals surface area contributed by atoms with Gasteiger partial charge in [-0.25, -0.2) is 8.99 Å². The van der Waals surface area contributed by atoms with Gasteiger partial charge in [0.05, 0.1) is 31.7 Å². The number of benzene rings is 2. The molecule has 2 atom stereocenters. The summed E-state index contributed by atoms with van der Waals surface area (Å²) in [7, 11) is -2.89. The van der Waals surface area contributed by atoms with Gasteiger partial charge in [-0.1, -0.05) is 32.0 Å². The summed E-state index contributed by atoms with van der Waals surface area (Å²) < 4.78 is 26.9. The van der Waals surface area contributed by atoms with Crippen molar-refractivity contribution in [2.24, 2.45) is 5.41 Å². The van der Waals surface area contributed by atoms with E-state index >= 15 is 0 Å². The third-order valence-corrected chi connectivity index (χ3v) is 7.76. The van der Waals surface area contributed by atoms with Gasteiger partial charge in [-0.3, -0.25) is 4.79 Å². The van der Waals surface area contributed by atoms with E-state index in [1.807, 2.05) is 38.1 Å². The van der Waals surface area contributed by atoms with Crippen molar-refractivity contribution in [3.63, 3.8) is 0 Å². The summed E-state index contributed by atoms with van der Waals surface area (Å²) in [6.45, 7) is 10.2. The molecule has 7 heteroatoms. The maximum Gasteiger partial charge on any atom is 0.200 e. The van der Waals surface area contributed by atoms with E-state index in [1.54, 1.807) is 18.2 Å². The van der Waals surface area contributed by atoms with Gasteiger partial charge in [-0.15, -0.1) is 0 Å². The molecule has 0 amide bonds. The molecule has 2 heterocycles. The Hall–Kier alpha value is -2.80. The Balaban J connectivity index is 1.76. The van der Waals surface area contributed by atoms with Crippen LogP contribution in [0.5, 0.6) is 0 Å². The minimum absolute atomic E-state index is 0.0450. The average molecular weight is 468 g/mol. The van der Waals surface area contributed by atoms with E-state index in [4.69, 9.17) is 9.20 Å². The Morgan fingerprint density at radius 1 is 1.15 bits per heavy atom. The van der Waals surface area contributed by atoms with Crippen LogP contribution in [0.25, 0.3) is 11.0 Å². The highest BCUT2D eigenvalue weighted by Gasteiger charge is 2.27. The van der Waals surface area contributed by atoms with E-state index in [0.717, 1.165) is 37.1 Å². The normalized spacial score (nSPS) is 18.6. The highest BCUT2D eigenvalue weighted by Crippen LogP contribution is 2.35. The van der Waals surface area contributed by atoms with E-state index in [9.17, 15) is 9.00 Å². The van der Waals surface area contributed by atoms with E-state index in [2.05, 4.69) is 24.1 Å². The lowest BCUT2D eigenvalue weighted by Crippen LogP contribution is -2.37. The zero-order chi connectivity index (χ0) is 24.0. The topological polar surface area (TPSA) is 86.4 Å². The quantitative estimate of drug-likeness (QED) is 0.485. The number of aryl methyl sites for hydroxylation is 1. The monoisotopic (exact) mass is 467 g/mol. The molecule has 0 aliphatic carbocycles. The van der Waals surface area contributed by atoms with Crippen LogP contribution in [0, 0.1) is 17.1 Å². The lowest BCUT2D eigenvalue weighted by atomic mass is 9.83. The maximum absolute atomic E-state index is 13.1. The molecule has 33 heavy (non-hydrogen) atoms. The molecular weight excluding hydrogens is 434 g/mol. The first-order valence-electron chi connectivity index (χ1n) is 11.4. The smallest absolute Gasteiger partial charge is 0.200 e. The molecule has 3 aromatic rings. The second-order valence-electron chi connectivity index (χ2n) is 10.0. The van der Waals surface area contributed by atoms with Crippen LogP contribution in [0.3, 0.4) is 0 Å². The minimum atomic E-state index is -2.89. The molecule has 1 unspecified atom stereocenters. The Morgan fingerprint density at radius 2 is 1.82 bits per heavy atom. The zero-order valence-corrected chi connectivity index (χ0v) is 20.8. The van der Waals surface area contributed by atoms with Gasteiger partial charge in [-0.05, 0) is 55.9 Å². The van der Waals surface area contributed by atoms with Crippen molar-refractivity contribution in [2.45, 2.75) is 51.5 Å². The summed E-state index contributed by atoms with van der Waals surface area (Å²) >= 11 is 0. The summed E-state index contributed by atoms with van der Waals surface area (Å²) in [6, 6.07) is 12.5. The number of hydrogen-bond donors (Lipinski definition) is 2. The van der Waals surface area contributed by atoms with Crippen molar-refractivity contribution >= 4 is 32.3 Å². The predicted molar refractivity (Wildman–Crippen MR) is 136 cm³/mol. The van der Waals surface area contributed by atoms with Gasteiger partial charge in [0.15, 0.2) is 11.3 Å². The number of para-hydroxylation sites is 1. The standard InChI is InChI=1S/C26H33N3O3S/c1-17-14-19(18(2)28-21-8-6-7-9-23(21)33(5,27)31)25-20(15-17)22(30)16-24(32-25)29-12-10-26(3,4)11-13-29/h6-9,14-16,18,27-28H,10-13H2,1-5H3/t18-,33?/m1/s1. The summed E-state index contributed by atoms with van der Waals surface area (Å²) in [5, 5.41) is 3.97. The highest BCUT2D eigenvalue weighted by molar-refractivity contribution is 7.91. The van der Waals surface area contributed by atoms with Crippen molar-refractivity contribution in [2.75, 3.05) is 29.6 Å². The van der Waals surface area contributed by atoms with E-state index < -0.39 is 9.73 Å². The van der Waals surface area contributed by atoms with Crippen molar-refractivity contribution in [3.05, 3.63) is 63.8 Å². The summed E-state index contributed by atoms with van der Waals surface area (Å²) in [6.07, 6.45) is 3.52. The van der Waals surface area contributed by atoms with Gasteiger partial charge in [-0.2, -0.15) is 0 Å². The second kappa shape index (κ2) is 8.52. The van der Waals surface area contributed by atoms with Gasteiger partial charge in [0, 0.05) is 31.0 Å². The molecular formula is C26H33N3O3S. The second-order valence-corrected chi connectivity index (χ2v) is 12.2. The Labute approximate surface area is 196 Å². The van der Waals surface area contributed by atoms with Gasteiger partial charge >= 0.3 is 0 Å². The molecule has 176 valence electrons. The number of fused-ring (bicyclic) bond motifs is 1. The molecule has 1 aliphatic heterocycles. The largest absolute Gasteiger partial charge is 0.440 e. The molecule has 2 N–H and O–H groups in total. The SMILES string of the molecule is Cc1cc([C@@H](C)Nc2ccccc2S(C)(=N)=O)c2oc(N3CCC(C)(C)CC3)cc(=O)c2c1. The van der Waals surface area contributed by atoms with Crippen LogP contribution in [0.1, 0.15) is 50.8 Å². The molecule has 6 nitrogen and oxygen atoms in total. The van der Waals surface area contributed by atoms with E-state index in [-0.39, 0.29) is 11.5 Å². The fourth-order valence-corrected chi connectivity index (χ4v) is 5.35. The van der Waals surface area contributed by atoms with Crippen molar-refractivity contribution in [1.29, 1.82) is 4.78 Å². The third-order valence-electron chi connectivity index (χ3n) is 6.56. The number of piperidine rings is 1. The predicted octanol–water partition coefficient (Wildman–Crippen LogP) is 5.94. The zero-order valence-electron chi connectivity index (χ0n) is 20.0. The van der Waals surface area contributed by atoms with Gasteiger partial charge in [0.1, 0.15) is 5.58 Å². The van der Waals surface area contributed by atoms with E-state index in [0.29, 0.717) is 32.9 Å². The van der Waals surface area contributed by atoms with Crippen molar-refractivity contribution in [1.82, 2.24) is 0 Å². The van der Waals surface area contributed by atoms with Gasteiger partial charge in [0.25, 0.3) is 0 Å². The lowest BCUT2D eigenvalue weighted by molar-refractivity contribution is 0.274. The minimum Gasteiger partial charge on any atom is -0.440 e. The van der Waals surface area contributed by atoms with Gasteiger partial charge in [0.2, 0.25) is 0 Å². The summed E-state index contributed by atoms with van der Waals surface area (Å²) in [5.74, 6) is 0.614. The van der Waals surface area contributed by atoms with Gasteiger partial charge < -0.3 is 14.6 Å². The number of nitrogens with zero attached hydrogens (tertiary/aromatic N) is 1. The number of rotatable bonds is 5. The molecule has 4 rings (SSSR count). The van der Waals surface area contributed by atoms with Crippen LogP contribution >= 0.6 is 0 Å². The van der Waals surface area contributed by atoms with E-state index in [1.165, 1.54) is 6.26 Å². The average Bonchev–Trinajstić information content (AvgIpc) is 2.73. The maximum atomic E-state index is 13.1.